The minimum Gasteiger partial charge on any atom is -0.340 e. The van der Waals surface area contributed by atoms with Gasteiger partial charge in [0.15, 0.2) is 11.2 Å². The molecule has 3 aromatic carbocycles. The molecule has 8 nitrogen and oxygen atoms in total. The molecule has 6 rings (SSSR count). The van der Waals surface area contributed by atoms with E-state index in [2.05, 4.69) is 63.3 Å². The second-order valence-electron chi connectivity index (χ2n) is 9.38. The Balaban J connectivity index is 1.38. The van der Waals surface area contributed by atoms with Gasteiger partial charge in [0.2, 0.25) is 5.95 Å². The molecule has 1 aliphatic rings. The highest BCUT2D eigenvalue weighted by Gasteiger charge is 2.25. The van der Waals surface area contributed by atoms with E-state index in [-0.39, 0.29) is 0 Å². The van der Waals surface area contributed by atoms with Gasteiger partial charge < -0.3 is 4.90 Å². The summed E-state index contributed by atoms with van der Waals surface area (Å²) in [6, 6.07) is 25.0. The number of benzene rings is 3. The van der Waals surface area contributed by atoms with Crippen molar-refractivity contribution >= 4 is 27.9 Å². The standard InChI is InChI=1S/C28H28N6O2/c1-31-25-24(26(35)30-28(31)36)34(19-22-12-7-11-21-10-5-6-13-23(21)22)27(29-25)33-16-14-32(15-17-33)18-20-8-3-2-4-9-20/h2-13H,14-19H2,1H3,(H,30,35,36). The van der Waals surface area contributed by atoms with Gasteiger partial charge in [-0.1, -0.05) is 72.8 Å². The number of nitrogens with one attached hydrogen (secondary N) is 1. The number of aromatic nitrogens is 4. The van der Waals surface area contributed by atoms with Gasteiger partial charge in [0.1, 0.15) is 0 Å². The zero-order valence-electron chi connectivity index (χ0n) is 20.2. The van der Waals surface area contributed by atoms with Crippen LogP contribution in [0.5, 0.6) is 0 Å². The van der Waals surface area contributed by atoms with Gasteiger partial charge in [-0.25, -0.2) is 4.79 Å². The summed E-state index contributed by atoms with van der Waals surface area (Å²) in [6.45, 7) is 4.76. The minimum atomic E-state index is -0.457. The molecule has 1 aliphatic heterocycles. The molecule has 3 heterocycles. The molecule has 0 spiro atoms. The van der Waals surface area contributed by atoms with Crippen molar-refractivity contribution in [3.05, 3.63) is 105 Å². The minimum absolute atomic E-state index is 0.408. The first-order valence-corrected chi connectivity index (χ1v) is 12.3. The molecular formula is C28H28N6O2. The summed E-state index contributed by atoms with van der Waals surface area (Å²) in [7, 11) is 1.65. The third-order valence-electron chi connectivity index (χ3n) is 7.10. The lowest BCUT2D eigenvalue weighted by Gasteiger charge is -2.35. The van der Waals surface area contributed by atoms with E-state index in [4.69, 9.17) is 4.98 Å². The number of H-pyrrole nitrogens is 1. The lowest BCUT2D eigenvalue weighted by Crippen LogP contribution is -2.46. The van der Waals surface area contributed by atoms with Crippen molar-refractivity contribution in [2.45, 2.75) is 13.1 Å². The number of aromatic amines is 1. The Morgan fingerprint density at radius 1 is 0.833 bits per heavy atom. The van der Waals surface area contributed by atoms with E-state index in [0.717, 1.165) is 55.0 Å². The van der Waals surface area contributed by atoms with E-state index in [1.807, 2.05) is 28.8 Å². The second kappa shape index (κ2) is 9.13. The van der Waals surface area contributed by atoms with Crippen LogP contribution in [0.3, 0.4) is 0 Å². The largest absolute Gasteiger partial charge is 0.340 e. The summed E-state index contributed by atoms with van der Waals surface area (Å²) in [4.78, 5) is 37.3. The molecule has 0 radical (unpaired) electrons. The lowest BCUT2D eigenvalue weighted by atomic mass is 10.0. The Bertz CT molecular complexity index is 1650. The third kappa shape index (κ3) is 3.99. The van der Waals surface area contributed by atoms with Crippen molar-refractivity contribution in [3.8, 4) is 0 Å². The molecule has 0 saturated carbocycles. The zero-order chi connectivity index (χ0) is 24.6. The van der Waals surface area contributed by atoms with Crippen LogP contribution < -0.4 is 16.1 Å². The van der Waals surface area contributed by atoms with E-state index >= 15 is 0 Å². The number of nitrogens with zero attached hydrogens (tertiary/aromatic N) is 5. The van der Waals surface area contributed by atoms with Crippen LogP contribution in [0.2, 0.25) is 0 Å². The average Bonchev–Trinajstić information content (AvgIpc) is 3.28. The SMILES string of the molecule is Cn1c(=O)[nH]c(=O)c2c1nc(N1CCN(Cc3ccccc3)CC1)n2Cc1cccc2ccccc12. The van der Waals surface area contributed by atoms with Crippen LogP contribution in [0.4, 0.5) is 5.95 Å². The van der Waals surface area contributed by atoms with Gasteiger partial charge in [0, 0.05) is 39.8 Å². The van der Waals surface area contributed by atoms with Crippen LogP contribution in [-0.2, 0) is 20.1 Å². The third-order valence-corrected chi connectivity index (χ3v) is 7.10. The molecule has 0 amide bonds. The van der Waals surface area contributed by atoms with Gasteiger partial charge in [-0.3, -0.25) is 23.8 Å². The summed E-state index contributed by atoms with van der Waals surface area (Å²) < 4.78 is 3.40. The van der Waals surface area contributed by atoms with E-state index in [0.29, 0.717) is 17.7 Å². The van der Waals surface area contributed by atoms with E-state index in [1.165, 1.54) is 10.1 Å². The van der Waals surface area contributed by atoms with Crippen LogP contribution in [-0.4, -0.2) is 50.2 Å². The van der Waals surface area contributed by atoms with Gasteiger partial charge in [0.25, 0.3) is 5.56 Å². The average molecular weight is 481 g/mol. The van der Waals surface area contributed by atoms with E-state index in [1.54, 1.807) is 7.05 Å². The van der Waals surface area contributed by atoms with Crippen LogP contribution in [0.25, 0.3) is 21.9 Å². The molecule has 0 bridgehead atoms. The maximum absolute atomic E-state index is 13.0. The normalized spacial score (nSPS) is 14.6. The molecule has 2 aromatic heterocycles. The molecule has 1 fully saturated rings. The number of aryl methyl sites for hydroxylation is 1. The van der Waals surface area contributed by atoms with E-state index < -0.39 is 11.2 Å². The highest BCUT2D eigenvalue weighted by molar-refractivity contribution is 5.86. The van der Waals surface area contributed by atoms with Gasteiger partial charge in [-0.2, -0.15) is 4.98 Å². The van der Waals surface area contributed by atoms with Gasteiger partial charge in [0.05, 0.1) is 6.54 Å². The molecule has 0 atom stereocenters. The Morgan fingerprint density at radius 2 is 1.56 bits per heavy atom. The number of anilines is 1. The van der Waals surface area contributed by atoms with Crippen molar-refractivity contribution < 1.29 is 0 Å². The van der Waals surface area contributed by atoms with Gasteiger partial charge in [-0.15, -0.1) is 0 Å². The van der Waals surface area contributed by atoms with E-state index in [9.17, 15) is 9.59 Å². The molecule has 0 unspecified atom stereocenters. The lowest BCUT2D eigenvalue weighted by molar-refractivity contribution is 0.248. The monoisotopic (exact) mass is 480 g/mol. The Labute approximate surface area is 208 Å². The summed E-state index contributed by atoms with van der Waals surface area (Å²) >= 11 is 0. The van der Waals surface area contributed by atoms with Crippen LogP contribution >= 0.6 is 0 Å². The smallest absolute Gasteiger partial charge is 0.329 e. The quantitative estimate of drug-likeness (QED) is 0.419. The summed E-state index contributed by atoms with van der Waals surface area (Å²) in [5.41, 5.74) is 2.37. The fourth-order valence-electron chi connectivity index (χ4n) is 5.16. The zero-order valence-corrected chi connectivity index (χ0v) is 20.2. The first-order chi connectivity index (χ1) is 17.6. The first kappa shape index (κ1) is 22.3. The predicted molar refractivity (Wildman–Crippen MR) is 143 cm³/mol. The number of piperazine rings is 1. The number of hydrogen-bond donors (Lipinski definition) is 1. The number of hydrogen-bond acceptors (Lipinski definition) is 5. The maximum Gasteiger partial charge on any atom is 0.329 e. The molecule has 8 heteroatoms. The van der Waals surface area contributed by atoms with Crippen LogP contribution in [0.1, 0.15) is 11.1 Å². The molecule has 1 N–H and O–H groups in total. The maximum atomic E-state index is 13.0. The highest BCUT2D eigenvalue weighted by Crippen LogP contribution is 2.26. The van der Waals surface area contributed by atoms with Crippen molar-refractivity contribution in [2.24, 2.45) is 7.05 Å². The highest BCUT2D eigenvalue weighted by atomic mass is 16.2. The van der Waals surface area contributed by atoms with Gasteiger partial charge in [-0.05, 0) is 21.9 Å². The molecule has 1 saturated heterocycles. The van der Waals surface area contributed by atoms with Crippen molar-refractivity contribution in [2.75, 3.05) is 31.1 Å². The van der Waals surface area contributed by atoms with Crippen molar-refractivity contribution in [1.82, 2.24) is 24.0 Å². The molecular weight excluding hydrogens is 452 g/mol. The molecule has 36 heavy (non-hydrogen) atoms. The predicted octanol–water partition coefficient (Wildman–Crippen LogP) is 2.95. The number of rotatable bonds is 5. The topological polar surface area (TPSA) is 79.2 Å². The summed E-state index contributed by atoms with van der Waals surface area (Å²) in [5.74, 6) is 0.726. The Hall–Kier alpha value is -4.17. The Morgan fingerprint density at radius 3 is 2.36 bits per heavy atom. The van der Waals surface area contributed by atoms with Crippen LogP contribution in [0, 0.1) is 0 Å². The molecule has 182 valence electrons. The fourth-order valence-corrected chi connectivity index (χ4v) is 5.16. The summed E-state index contributed by atoms with van der Waals surface area (Å²) in [6.07, 6.45) is 0. The van der Waals surface area contributed by atoms with Gasteiger partial charge >= 0.3 is 5.69 Å². The number of fused-ring (bicyclic) bond motifs is 2. The van der Waals surface area contributed by atoms with Crippen molar-refractivity contribution in [3.63, 3.8) is 0 Å². The molecule has 5 aromatic rings. The summed E-state index contributed by atoms with van der Waals surface area (Å²) in [5, 5.41) is 2.29. The van der Waals surface area contributed by atoms with Crippen molar-refractivity contribution in [1.29, 1.82) is 0 Å². The Kier molecular flexibility index (Phi) is 5.65. The second-order valence-corrected chi connectivity index (χ2v) is 9.38. The van der Waals surface area contributed by atoms with Crippen LogP contribution in [0.15, 0.2) is 82.4 Å². The number of imidazole rings is 1. The molecule has 0 aliphatic carbocycles. The first-order valence-electron chi connectivity index (χ1n) is 12.3. The fraction of sp³-hybridized carbons (Fsp3) is 0.250.